The molecule has 1 aliphatic heterocycles. The van der Waals surface area contributed by atoms with Gasteiger partial charge < -0.3 is 10.0 Å². The first-order valence-corrected chi connectivity index (χ1v) is 4.96. The van der Waals surface area contributed by atoms with Crippen LogP contribution < -0.4 is 4.90 Å². The van der Waals surface area contributed by atoms with Crippen LogP contribution in [0.25, 0.3) is 0 Å². The molecule has 0 amide bonds. The van der Waals surface area contributed by atoms with Gasteiger partial charge in [-0.3, -0.25) is 0 Å². The first kappa shape index (κ1) is 9.28. The van der Waals surface area contributed by atoms with Gasteiger partial charge in [0.15, 0.2) is 0 Å². The zero-order valence-electron chi connectivity index (χ0n) is 8.35. The Morgan fingerprint density at radius 1 is 1.43 bits per heavy atom. The molecule has 0 aromatic heterocycles. The van der Waals surface area contributed by atoms with Gasteiger partial charge in [-0.05, 0) is 24.8 Å². The normalized spacial score (nSPS) is 21.3. The van der Waals surface area contributed by atoms with Gasteiger partial charge in [0.05, 0.1) is 6.10 Å². The van der Waals surface area contributed by atoms with Crippen LogP contribution in [0.4, 0.5) is 5.69 Å². The highest BCUT2D eigenvalue weighted by Crippen LogP contribution is 2.26. The molecule has 1 aromatic rings. The number of aliphatic hydroxyl groups excluding tert-OH is 1. The average Bonchev–Trinajstić information content (AvgIpc) is 2.18. The van der Waals surface area contributed by atoms with Crippen molar-refractivity contribution < 1.29 is 5.11 Å². The number of hydrogen-bond acceptors (Lipinski definition) is 2. The maximum absolute atomic E-state index is 9.68. The van der Waals surface area contributed by atoms with Crippen molar-refractivity contribution in [1.29, 1.82) is 0 Å². The fourth-order valence-electron chi connectivity index (χ4n) is 1.93. The maximum Gasteiger partial charge on any atom is 0.0760 e. The predicted octanol–water partition coefficient (Wildman–Crippen LogP) is 1.94. The van der Waals surface area contributed by atoms with Gasteiger partial charge in [-0.15, -0.1) is 0 Å². The number of benzene rings is 1. The molecule has 1 heterocycles. The second-order valence-electron chi connectivity index (χ2n) is 3.62. The highest BCUT2D eigenvalue weighted by atomic mass is 16.3. The first-order valence-electron chi connectivity index (χ1n) is 4.96. The van der Waals surface area contributed by atoms with E-state index in [4.69, 9.17) is 0 Å². The van der Waals surface area contributed by atoms with E-state index in [0.717, 1.165) is 6.42 Å². The smallest absolute Gasteiger partial charge is 0.0760 e. The molecule has 2 nitrogen and oxygen atoms in total. The number of allylic oxidation sites excluding steroid dienone is 1. The van der Waals surface area contributed by atoms with Gasteiger partial charge in [0, 0.05) is 18.7 Å². The molecule has 2 rings (SSSR count). The Labute approximate surface area is 84.5 Å². The van der Waals surface area contributed by atoms with Crippen LogP contribution >= 0.6 is 0 Å². The van der Waals surface area contributed by atoms with Crippen molar-refractivity contribution in [2.75, 3.05) is 11.4 Å². The van der Waals surface area contributed by atoms with Gasteiger partial charge in [0.25, 0.3) is 0 Å². The van der Waals surface area contributed by atoms with Gasteiger partial charge in [-0.1, -0.05) is 24.3 Å². The van der Waals surface area contributed by atoms with Crippen LogP contribution in [0.1, 0.15) is 12.5 Å². The van der Waals surface area contributed by atoms with Gasteiger partial charge >= 0.3 is 0 Å². The minimum atomic E-state index is -0.249. The van der Waals surface area contributed by atoms with E-state index in [1.807, 2.05) is 31.3 Å². The van der Waals surface area contributed by atoms with E-state index in [1.165, 1.54) is 11.3 Å². The summed E-state index contributed by atoms with van der Waals surface area (Å²) in [6.45, 7) is 2.69. The third-order valence-corrected chi connectivity index (χ3v) is 2.49. The highest BCUT2D eigenvalue weighted by molar-refractivity contribution is 5.58. The lowest BCUT2D eigenvalue weighted by molar-refractivity contribution is 0.178. The lowest BCUT2D eigenvalue weighted by Crippen LogP contribution is -2.34. The quantitative estimate of drug-likeness (QED) is 0.729. The average molecular weight is 189 g/mol. The van der Waals surface area contributed by atoms with Crippen molar-refractivity contribution in [3.05, 3.63) is 42.1 Å². The van der Waals surface area contributed by atoms with Crippen LogP contribution in [0, 0.1) is 0 Å². The lowest BCUT2D eigenvalue weighted by atomic mass is 10.0. The van der Waals surface area contributed by atoms with Crippen LogP contribution in [0.2, 0.25) is 0 Å². The van der Waals surface area contributed by atoms with E-state index in [0.29, 0.717) is 6.54 Å². The largest absolute Gasteiger partial charge is 0.391 e. The Kier molecular flexibility index (Phi) is 2.55. The third-order valence-electron chi connectivity index (χ3n) is 2.49. The topological polar surface area (TPSA) is 23.5 Å². The van der Waals surface area contributed by atoms with E-state index in [2.05, 4.69) is 17.0 Å². The van der Waals surface area contributed by atoms with E-state index in [9.17, 15) is 5.11 Å². The van der Waals surface area contributed by atoms with Crippen molar-refractivity contribution >= 4 is 5.69 Å². The van der Waals surface area contributed by atoms with Crippen molar-refractivity contribution in [2.45, 2.75) is 19.4 Å². The molecule has 2 heteroatoms. The van der Waals surface area contributed by atoms with E-state index < -0.39 is 0 Å². The van der Waals surface area contributed by atoms with E-state index in [1.54, 1.807) is 0 Å². The maximum atomic E-state index is 9.68. The molecule has 1 unspecified atom stereocenters. The molecular weight excluding hydrogens is 174 g/mol. The Hall–Kier alpha value is -1.28. The third kappa shape index (κ3) is 1.66. The molecule has 1 aliphatic rings. The minimum Gasteiger partial charge on any atom is -0.391 e. The number of nitrogens with zero attached hydrogens (tertiary/aromatic N) is 1. The summed E-state index contributed by atoms with van der Waals surface area (Å²) in [6, 6.07) is 8.23. The number of β-amino-alcohol motifs (C(OH)–C–C–N with tert-alkyl or cyclic N) is 1. The van der Waals surface area contributed by atoms with Crippen LogP contribution in [0.5, 0.6) is 0 Å². The summed E-state index contributed by atoms with van der Waals surface area (Å²) in [5, 5.41) is 9.68. The zero-order valence-corrected chi connectivity index (χ0v) is 8.35. The van der Waals surface area contributed by atoms with Crippen molar-refractivity contribution in [3.63, 3.8) is 0 Å². The Bertz CT molecular complexity index is 346. The van der Waals surface area contributed by atoms with E-state index >= 15 is 0 Å². The SMILES string of the molecule is C/C=C/N1CC(O)Cc2ccccc21. The fourth-order valence-corrected chi connectivity index (χ4v) is 1.93. The van der Waals surface area contributed by atoms with Crippen LogP contribution in [-0.2, 0) is 6.42 Å². The van der Waals surface area contributed by atoms with Crippen molar-refractivity contribution in [3.8, 4) is 0 Å². The molecule has 1 aromatic carbocycles. The number of aliphatic hydroxyl groups is 1. The number of hydrogen-bond donors (Lipinski definition) is 1. The van der Waals surface area contributed by atoms with Crippen molar-refractivity contribution in [1.82, 2.24) is 0 Å². The van der Waals surface area contributed by atoms with Gasteiger partial charge in [0.2, 0.25) is 0 Å². The molecular formula is C12H15NO. The van der Waals surface area contributed by atoms with Crippen LogP contribution in [0.3, 0.4) is 0 Å². The summed E-state index contributed by atoms with van der Waals surface area (Å²) in [5.41, 5.74) is 2.44. The van der Waals surface area contributed by atoms with E-state index in [-0.39, 0.29) is 6.10 Å². The summed E-state index contributed by atoms with van der Waals surface area (Å²) in [6.07, 6.45) is 4.53. The molecule has 1 atom stereocenters. The Balaban J connectivity index is 2.38. The van der Waals surface area contributed by atoms with Crippen LogP contribution in [0.15, 0.2) is 36.5 Å². The second-order valence-corrected chi connectivity index (χ2v) is 3.62. The number of fused-ring (bicyclic) bond motifs is 1. The first-order chi connectivity index (χ1) is 6.81. The minimum absolute atomic E-state index is 0.249. The Morgan fingerprint density at radius 2 is 2.21 bits per heavy atom. The summed E-state index contributed by atoms with van der Waals surface area (Å²) < 4.78 is 0. The summed E-state index contributed by atoms with van der Waals surface area (Å²) >= 11 is 0. The van der Waals surface area contributed by atoms with Crippen LogP contribution in [-0.4, -0.2) is 17.8 Å². The summed E-state index contributed by atoms with van der Waals surface area (Å²) in [7, 11) is 0. The number of rotatable bonds is 1. The number of para-hydroxylation sites is 1. The molecule has 0 aliphatic carbocycles. The lowest BCUT2D eigenvalue weighted by Gasteiger charge is -2.31. The summed E-state index contributed by atoms with van der Waals surface area (Å²) in [4.78, 5) is 2.10. The standard InChI is InChI=1S/C12H15NO/c1-2-7-13-9-11(14)8-10-5-3-4-6-12(10)13/h2-7,11,14H,8-9H2,1H3/b7-2+. The Morgan fingerprint density at radius 3 is 3.00 bits per heavy atom. The zero-order chi connectivity index (χ0) is 9.97. The highest BCUT2D eigenvalue weighted by Gasteiger charge is 2.20. The second kappa shape index (κ2) is 3.84. The summed E-state index contributed by atoms with van der Waals surface area (Å²) in [5.74, 6) is 0. The molecule has 0 radical (unpaired) electrons. The van der Waals surface area contributed by atoms with Crippen molar-refractivity contribution in [2.24, 2.45) is 0 Å². The molecule has 0 saturated heterocycles. The molecule has 0 saturated carbocycles. The van der Waals surface area contributed by atoms with Gasteiger partial charge in [-0.25, -0.2) is 0 Å². The molecule has 14 heavy (non-hydrogen) atoms. The predicted molar refractivity (Wildman–Crippen MR) is 58.3 cm³/mol. The molecule has 74 valence electrons. The number of anilines is 1. The molecule has 0 bridgehead atoms. The monoisotopic (exact) mass is 189 g/mol. The van der Waals surface area contributed by atoms with Gasteiger partial charge in [-0.2, -0.15) is 0 Å². The molecule has 0 spiro atoms. The molecule has 0 fully saturated rings. The molecule has 1 N–H and O–H groups in total. The van der Waals surface area contributed by atoms with Gasteiger partial charge in [0.1, 0.15) is 0 Å². The fraction of sp³-hybridized carbons (Fsp3) is 0.333.